The third-order valence-electron chi connectivity index (χ3n) is 3.50. The molecule has 0 saturated heterocycles. The van der Waals surface area contributed by atoms with Crippen LogP contribution in [0.5, 0.6) is 0 Å². The van der Waals surface area contributed by atoms with Gasteiger partial charge in [0.15, 0.2) is 0 Å². The Bertz CT molecular complexity index is 625. The Balaban J connectivity index is 2.12. The first kappa shape index (κ1) is 15.3. The molecule has 1 aliphatic rings. The molecule has 0 spiro atoms. The van der Waals surface area contributed by atoms with Crippen LogP contribution < -0.4 is 4.72 Å². The maximum absolute atomic E-state index is 12.1. The Morgan fingerprint density at radius 3 is 2.65 bits per heavy atom. The smallest absolute Gasteiger partial charge is 0.337 e. The van der Waals surface area contributed by atoms with Crippen molar-refractivity contribution in [3.05, 3.63) is 28.8 Å². The average Bonchev–Trinajstić information content (AvgIpc) is 3.19. The zero-order valence-electron chi connectivity index (χ0n) is 11.0. The van der Waals surface area contributed by atoms with Crippen LogP contribution in [0.2, 0.25) is 5.02 Å². The summed E-state index contributed by atoms with van der Waals surface area (Å²) in [6.07, 6.45) is 2.31. The predicted octanol–water partition coefficient (Wildman–Crippen LogP) is 2.36. The van der Waals surface area contributed by atoms with Crippen LogP contribution in [-0.2, 0) is 10.0 Å². The summed E-state index contributed by atoms with van der Waals surface area (Å²) >= 11 is 5.78. The fourth-order valence-electron chi connectivity index (χ4n) is 1.99. The van der Waals surface area contributed by atoms with E-state index in [2.05, 4.69) is 4.72 Å². The van der Waals surface area contributed by atoms with Crippen molar-refractivity contribution in [2.24, 2.45) is 11.8 Å². The summed E-state index contributed by atoms with van der Waals surface area (Å²) < 4.78 is 26.7. The van der Waals surface area contributed by atoms with Gasteiger partial charge >= 0.3 is 5.97 Å². The lowest BCUT2D eigenvalue weighted by molar-refractivity contribution is 0.0697. The zero-order valence-corrected chi connectivity index (χ0v) is 12.5. The minimum atomic E-state index is -3.65. The van der Waals surface area contributed by atoms with Crippen LogP contribution in [0.25, 0.3) is 0 Å². The van der Waals surface area contributed by atoms with Gasteiger partial charge in [0.05, 0.1) is 15.5 Å². The van der Waals surface area contributed by atoms with Crippen molar-refractivity contribution in [2.45, 2.75) is 24.7 Å². The summed E-state index contributed by atoms with van der Waals surface area (Å²) in [6.45, 7) is 2.39. The number of hydrogen-bond acceptors (Lipinski definition) is 3. The molecule has 0 aromatic heterocycles. The number of sulfonamides is 1. The molecule has 5 nitrogen and oxygen atoms in total. The van der Waals surface area contributed by atoms with Crippen LogP contribution in [0.4, 0.5) is 0 Å². The van der Waals surface area contributed by atoms with Gasteiger partial charge in [-0.15, -0.1) is 0 Å². The Labute approximate surface area is 123 Å². The molecule has 1 unspecified atom stereocenters. The van der Waals surface area contributed by atoms with E-state index in [0.717, 1.165) is 18.9 Å². The Morgan fingerprint density at radius 2 is 2.15 bits per heavy atom. The highest BCUT2D eigenvalue weighted by Gasteiger charge is 2.29. The molecule has 1 saturated carbocycles. The third-order valence-corrected chi connectivity index (χ3v) is 5.24. The Morgan fingerprint density at radius 1 is 1.50 bits per heavy atom. The van der Waals surface area contributed by atoms with Crippen molar-refractivity contribution in [2.75, 3.05) is 6.54 Å². The minimum absolute atomic E-state index is 0.0181. The van der Waals surface area contributed by atoms with Gasteiger partial charge in [0.25, 0.3) is 0 Å². The number of carbonyl (C=O) groups is 1. The summed E-state index contributed by atoms with van der Waals surface area (Å²) in [7, 11) is -3.65. The lowest BCUT2D eigenvalue weighted by Crippen LogP contribution is -2.29. The average molecular weight is 318 g/mol. The lowest BCUT2D eigenvalue weighted by Gasteiger charge is -2.12. The number of carboxylic acids is 1. The number of carboxylic acid groups (broad SMARTS) is 1. The maximum atomic E-state index is 12.1. The molecular formula is C13H16ClNO4S. The van der Waals surface area contributed by atoms with Crippen LogP contribution in [0.1, 0.15) is 30.1 Å². The van der Waals surface area contributed by atoms with Gasteiger partial charge in [-0.25, -0.2) is 17.9 Å². The molecule has 0 radical (unpaired) electrons. The second-order valence-electron chi connectivity index (χ2n) is 5.11. The zero-order chi connectivity index (χ0) is 14.9. The van der Waals surface area contributed by atoms with E-state index in [0.29, 0.717) is 18.4 Å². The van der Waals surface area contributed by atoms with E-state index in [1.54, 1.807) is 0 Å². The summed E-state index contributed by atoms with van der Waals surface area (Å²) in [6, 6.07) is 3.61. The van der Waals surface area contributed by atoms with Crippen LogP contribution in [0.3, 0.4) is 0 Å². The molecule has 0 heterocycles. The number of hydrogen-bond donors (Lipinski definition) is 2. The Hall–Kier alpha value is -1.11. The normalized spacial score (nSPS) is 16.9. The van der Waals surface area contributed by atoms with Crippen molar-refractivity contribution in [1.82, 2.24) is 4.72 Å². The van der Waals surface area contributed by atoms with Gasteiger partial charge in [-0.05, 0) is 42.9 Å². The monoisotopic (exact) mass is 317 g/mol. The molecule has 1 aromatic carbocycles. The van der Waals surface area contributed by atoms with Crippen LogP contribution >= 0.6 is 11.6 Å². The SMILES string of the molecule is CC(CNS(=O)(=O)c1ccc(C(=O)O)c(Cl)c1)C1CC1. The van der Waals surface area contributed by atoms with Crippen molar-refractivity contribution in [3.8, 4) is 0 Å². The number of benzene rings is 1. The summed E-state index contributed by atoms with van der Waals surface area (Å²) in [5, 5.41) is 8.77. The summed E-state index contributed by atoms with van der Waals surface area (Å²) in [5.41, 5.74) is -0.114. The molecule has 1 aromatic rings. The number of halogens is 1. The molecule has 20 heavy (non-hydrogen) atoms. The second-order valence-corrected chi connectivity index (χ2v) is 7.29. The largest absolute Gasteiger partial charge is 0.478 e. The molecule has 110 valence electrons. The van der Waals surface area contributed by atoms with E-state index < -0.39 is 16.0 Å². The first-order valence-electron chi connectivity index (χ1n) is 6.34. The standard InChI is InChI=1S/C13H16ClNO4S/c1-8(9-2-3-9)7-15-20(18,19)10-4-5-11(13(16)17)12(14)6-10/h4-6,8-9,15H,2-3,7H2,1H3,(H,16,17). The highest BCUT2D eigenvalue weighted by Crippen LogP contribution is 2.36. The highest BCUT2D eigenvalue weighted by molar-refractivity contribution is 7.89. The van der Waals surface area contributed by atoms with Crippen LogP contribution in [0, 0.1) is 11.8 Å². The minimum Gasteiger partial charge on any atom is -0.478 e. The highest BCUT2D eigenvalue weighted by atomic mass is 35.5. The van der Waals surface area contributed by atoms with E-state index in [1.165, 1.54) is 12.1 Å². The van der Waals surface area contributed by atoms with Gasteiger partial charge in [0, 0.05) is 6.54 Å². The molecule has 0 aliphatic heterocycles. The third kappa shape index (κ3) is 3.50. The van der Waals surface area contributed by atoms with E-state index in [4.69, 9.17) is 16.7 Å². The van der Waals surface area contributed by atoms with Crippen LogP contribution in [-0.4, -0.2) is 26.0 Å². The molecule has 1 fully saturated rings. The van der Waals surface area contributed by atoms with Gasteiger partial charge in [-0.3, -0.25) is 0 Å². The summed E-state index contributed by atoms with van der Waals surface area (Å²) in [4.78, 5) is 10.8. The number of nitrogens with one attached hydrogen (secondary N) is 1. The topological polar surface area (TPSA) is 83.5 Å². The first-order valence-corrected chi connectivity index (χ1v) is 8.20. The summed E-state index contributed by atoms with van der Waals surface area (Å²) in [5.74, 6) is -0.275. The van der Waals surface area contributed by atoms with Gasteiger partial charge in [0.2, 0.25) is 10.0 Å². The van der Waals surface area contributed by atoms with E-state index in [-0.39, 0.29) is 15.5 Å². The molecule has 1 aliphatic carbocycles. The number of rotatable bonds is 6. The maximum Gasteiger partial charge on any atom is 0.337 e. The van der Waals surface area contributed by atoms with Gasteiger partial charge < -0.3 is 5.11 Å². The molecule has 1 atom stereocenters. The molecule has 2 N–H and O–H groups in total. The molecule has 2 rings (SSSR count). The molecule has 0 bridgehead atoms. The number of aromatic carboxylic acids is 1. The van der Waals surface area contributed by atoms with Gasteiger partial charge in [-0.2, -0.15) is 0 Å². The van der Waals surface area contributed by atoms with E-state index in [1.807, 2.05) is 6.92 Å². The first-order chi connectivity index (χ1) is 9.31. The van der Waals surface area contributed by atoms with E-state index >= 15 is 0 Å². The van der Waals surface area contributed by atoms with Crippen molar-refractivity contribution in [3.63, 3.8) is 0 Å². The molecule has 0 amide bonds. The fraction of sp³-hybridized carbons (Fsp3) is 0.462. The quantitative estimate of drug-likeness (QED) is 0.843. The fourth-order valence-corrected chi connectivity index (χ4v) is 3.49. The van der Waals surface area contributed by atoms with Crippen molar-refractivity contribution >= 4 is 27.6 Å². The second kappa shape index (κ2) is 5.71. The predicted molar refractivity (Wildman–Crippen MR) is 75.5 cm³/mol. The Kier molecular flexibility index (Phi) is 4.36. The lowest BCUT2D eigenvalue weighted by atomic mass is 10.1. The molecule has 7 heteroatoms. The van der Waals surface area contributed by atoms with Gasteiger partial charge in [-0.1, -0.05) is 18.5 Å². The molecular weight excluding hydrogens is 302 g/mol. The van der Waals surface area contributed by atoms with Crippen molar-refractivity contribution < 1.29 is 18.3 Å². The van der Waals surface area contributed by atoms with E-state index in [9.17, 15) is 13.2 Å². The van der Waals surface area contributed by atoms with Crippen molar-refractivity contribution in [1.29, 1.82) is 0 Å². The van der Waals surface area contributed by atoms with Gasteiger partial charge in [0.1, 0.15) is 0 Å². The van der Waals surface area contributed by atoms with Crippen LogP contribution in [0.15, 0.2) is 23.1 Å².